The fraction of sp³-hybridized carbons (Fsp3) is 0.143. The Hall–Kier alpha value is -0.900. The second-order valence-electron chi connectivity index (χ2n) is 3.68. The summed E-state index contributed by atoms with van der Waals surface area (Å²) in [6, 6.07) is 12.5. The molecule has 88 valence electrons. The summed E-state index contributed by atoms with van der Waals surface area (Å²) in [5.41, 5.74) is 1.24. The molecule has 0 aliphatic carbocycles. The molecule has 17 heavy (non-hydrogen) atoms. The lowest BCUT2D eigenvalue weighted by Crippen LogP contribution is -2.11. The first-order valence-electron chi connectivity index (χ1n) is 5.50. The fourth-order valence-corrected chi connectivity index (χ4v) is 2.91. The van der Waals surface area contributed by atoms with E-state index in [1.165, 1.54) is 14.9 Å². The van der Waals surface area contributed by atoms with Crippen molar-refractivity contribution in [1.29, 1.82) is 0 Å². The molecule has 0 spiro atoms. The van der Waals surface area contributed by atoms with Gasteiger partial charge in [-0.05, 0) is 27.6 Å². The number of halogens is 1. The van der Waals surface area contributed by atoms with Crippen molar-refractivity contribution in [3.05, 3.63) is 62.8 Å². The summed E-state index contributed by atoms with van der Waals surface area (Å²) in [7, 11) is 0. The minimum atomic E-state index is 0.893. The Morgan fingerprint density at radius 3 is 2.76 bits per heavy atom. The number of thiophene rings is 1. The van der Waals surface area contributed by atoms with E-state index in [0.29, 0.717) is 0 Å². The van der Waals surface area contributed by atoms with Crippen LogP contribution in [-0.4, -0.2) is 6.54 Å². The minimum absolute atomic E-state index is 0.893. The third kappa shape index (κ3) is 4.46. The van der Waals surface area contributed by atoms with Crippen molar-refractivity contribution in [3.8, 4) is 0 Å². The molecule has 1 N–H and O–H groups in total. The van der Waals surface area contributed by atoms with Crippen LogP contribution in [0.15, 0.2) is 52.3 Å². The Morgan fingerprint density at radius 2 is 2.06 bits per heavy atom. The Bertz CT molecular complexity index is 476. The molecule has 0 unspecified atom stereocenters. The highest BCUT2D eigenvalue weighted by Gasteiger charge is 1.95. The van der Waals surface area contributed by atoms with Crippen LogP contribution < -0.4 is 5.32 Å². The normalized spacial score (nSPS) is 11.1. The summed E-state index contributed by atoms with van der Waals surface area (Å²) < 4.78 is 1.17. The van der Waals surface area contributed by atoms with Gasteiger partial charge in [-0.2, -0.15) is 0 Å². The van der Waals surface area contributed by atoms with Gasteiger partial charge in [0.2, 0.25) is 0 Å². The maximum atomic E-state index is 3.45. The second kappa shape index (κ2) is 6.74. The SMILES string of the molecule is Brc1csc(CNCC=Cc2ccccc2)c1. The summed E-state index contributed by atoms with van der Waals surface area (Å²) in [5, 5.41) is 5.50. The predicted molar refractivity (Wildman–Crippen MR) is 79.2 cm³/mol. The van der Waals surface area contributed by atoms with Crippen LogP contribution in [0.3, 0.4) is 0 Å². The lowest BCUT2D eigenvalue weighted by molar-refractivity contribution is 0.771. The molecular weight excluding hydrogens is 294 g/mol. The number of hydrogen-bond acceptors (Lipinski definition) is 2. The molecule has 0 amide bonds. The summed E-state index contributed by atoms with van der Waals surface area (Å²) >= 11 is 5.22. The van der Waals surface area contributed by atoms with Crippen LogP contribution >= 0.6 is 27.3 Å². The predicted octanol–water partition coefficient (Wildman–Crippen LogP) is 4.31. The maximum absolute atomic E-state index is 3.45. The lowest BCUT2D eigenvalue weighted by atomic mass is 10.2. The Kier molecular flexibility index (Phi) is 4.98. The van der Waals surface area contributed by atoms with Gasteiger partial charge in [0.25, 0.3) is 0 Å². The highest BCUT2D eigenvalue weighted by molar-refractivity contribution is 9.10. The molecule has 0 aliphatic rings. The number of benzene rings is 1. The molecule has 3 heteroatoms. The fourth-order valence-electron chi connectivity index (χ4n) is 1.48. The average molecular weight is 308 g/mol. The molecule has 1 heterocycles. The molecule has 0 saturated carbocycles. The Labute approximate surface area is 114 Å². The Balaban J connectivity index is 1.71. The first-order valence-corrected chi connectivity index (χ1v) is 7.17. The minimum Gasteiger partial charge on any atom is -0.308 e. The zero-order valence-electron chi connectivity index (χ0n) is 9.40. The highest BCUT2D eigenvalue weighted by Crippen LogP contribution is 2.19. The van der Waals surface area contributed by atoms with Gasteiger partial charge in [0, 0.05) is 27.8 Å². The molecule has 2 rings (SSSR count). The van der Waals surface area contributed by atoms with E-state index in [2.05, 4.69) is 69.1 Å². The molecule has 1 aromatic carbocycles. The summed E-state index contributed by atoms with van der Waals surface area (Å²) in [6.07, 6.45) is 4.29. The molecule has 0 radical (unpaired) electrons. The van der Waals surface area contributed by atoms with Crippen molar-refractivity contribution in [1.82, 2.24) is 5.32 Å². The third-order valence-corrected chi connectivity index (χ3v) is 3.99. The molecule has 0 atom stereocenters. The van der Waals surface area contributed by atoms with E-state index in [1.807, 2.05) is 6.07 Å². The van der Waals surface area contributed by atoms with Gasteiger partial charge in [-0.3, -0.25) is 0 Å². The zero-order valence-corrected chi connectivity index (χ0v) is 11.8. The molecule has 0 aliphatic heterocycles. The maximum Gasteiger partial charge on any atom is 0.0303 e. The molecular formula is C14H14BrNS. The van der Waals surface area contributed by atoms with Gasteiger partial charge < -0.3 is 5.32 Å². The summed E-state index contributed by atoms with van der Waals surface area (Å²) in [5.74, 6) is 0. The molecule has 2 aromatic rings. The van der Waals surface area contributed by atoms with Gasteiger partial charge in [0.05, 0.1) is 0 Å². The smallest absolute Gasteiger partial charge is 0.0303 e. The number of hydrogen-bond donors (Lipinski definition) is 1. The van der Waals surface area contributed by atoms with Crippen LogP contribution in [0.5, 0.6) is 0 Å². The van der Waals surface area contributed by atoms with E-state index >= 15 is 0 Å². The van der Waals surface area contributed by atoms with Crippen molar-refractivity contribution >= 4 is 33.3 Å². The monoisotopic (exact) mass is 307 g/mol. The van der Waals surface area contributed by atoms with Crippen LogP contribution in [0.2, 0.25) is 0 Å². The molecule has 0 saturated heterocycles. The van der Waals surface area contributed by atoms with Crippen LogP contribution in [0.4, 0.5) is 0 Å². The lowest BCUT2D eigenvalue weighted by Gasteiger charge is -1.98. The zero-order chi connectivity index (χ0) is 11.9. The average Bonchev–Trinajstić information content (AvgIpc) is 2.76. The van der Waals surface area contributed by atoms with Crippen LogP contribution in [0.25, 0.3) is 6.08 Å². The van der Waals surface area contributed by atoms with E-state index in [-0.39, 0.29) is 0 Å². The van der Waals surface area contributed by atoms with Gasteiger partial charge in [-0.25, -0.2) is 0 Å². The van der Waals surface area contributed by atoms with Crippen molar-refractivity contribution in [2.45, 2.75) is 6.54 Å². The van der Waals surface area contributed by atoms with Crippen molar-refractivity contribution in [3.63, 3.8) is 0 Å². The second-order valence-corrected chi connectivity index (χ2v) is 5.59. The number of nitrogens with one attached hydrogen (secondary N) is 1. The van der Waals surface area contributed by atoms with E-state index < -0.39 is 0 Å². The van der Waals surface area contributed by atoms with E-state index in [1.54, 1.807) is 11.3 Å². The van der Waals surface area contributed by atoms with Gasteiger partial charge in [-0.1, -0.05) is 42.5 Å². The van der Waals surface area contributed by atoms with Gasteiger partial charge in [-0.15, -0.1) is 11.3 Å². The van der Waals surface area contributed by atoms with Gasteiger partial charge in [0.1, 0.15) is 0 Å². The van der Waals surface area contributed by atoms with Crippen molar-refractivity contribution in [2.24, 2.45) is 0 Å². The standard InChI is InChI=1S/C14H14BrNS/c15-13-9-14(17-11-13)10-16-8-4-7-12-5-2-1-3-6-12/h1-7,9,11,16H,8,10H2. The largest absolute Gasteiger partial charge is 0.308 e. The molecule has 0 bridgehead atoms. The van der Waals surface area contributed by atoms with Crippen LogP contribution in [0, 0.1) is 0 Å². The van der Waals surface area contributed by atoms with Gasteiger partial charge in [0.15, 0.2) is 0 Å². The Morgan fingerprint density at radius 1 is 1.24 bits per heavy atom. The molecule has 1 nitrogen and oxygen atoms in total. The number of rotatable bonds is 5. The highest BCUT2D eigenvalue weighted by atomic mass is 79.9. The van der Waals surface area contributed by atoms with Crippen LogP contribution in [0.1, 0.15) is 10.4 Å². The topological polar surface area (TPSA) is 12.0 Å². The molecule has 1 aromatic heterocycles. The van der Waals surface area contributed by atoms with E-state index in [9.17, 15) is 0 Å². The van der Waals surface area contributed by atoms with Crippen LogP contribution in [-0.2, 0) is 6.54 Å². The van der Waals surface area contributed by atoms with Crippen molar-refractivity contribution in [2.75, 3.05) is 6.54 Å². The summed E-state index contributed by atoms with van der Waals surface area (Å²) in [6.45, 7) is 1.82. The quantitative estimate of drug-likeness (QED) is 0.812. The van der Waals surface area contributed by atoms with Crippen molar-refractivity contribution < 1.29 is 0 Å². The van der Waals surface area contributed by atoms with E-state index in [0.717, 1.165) is 13.1 Å². The first kappa shape index (κ1) is 12.6. The van der Waals surface area contributed by atoms with E-state index in [4.69, 9.17) is 0 Å². The van der Waals surface area contributed by atoms with Gasteiger partial charge >= 0.3 is 0 Å². The third-order valence-electron chi connectivity index (χ3n) is 2.29. The first-order chi connectivity index (χ1) is 8.34. The summed E-state index contributed by atoms with van der Waals surface area (Å²) in [4.78, 5) is 1.35. The molecule has 0 fully saturated rings.